The summed E-state index contributed by atoms with van der Waals surface area (Å²) in [7, 11) is 0. The number of carbonyl (C=O) groups excluding carboxylic acids is 1. The number of hydrogen-bond acceptors (Lipinski definition) is 11. The third-order valence-electron chi connectivity index (χ3n) is 11.0. The number of fused-ring (bicyclic) bond motifs is 3. The van der Waals surface area contributed by atoms with Crippen molar-refractivity contribution in [3.05, 3.63) is 41.0 Å². The van der Waals surface area contributed by atoms with Gasteiger partial charge in [-0.1, -0.05) is 6.07 Å². The van der Waals surface area contributed by atoms with Crippen LogP contribution in [0.3, 0.4) is 0 Å². The first-order chi connectivity index (χ1) is 25.0. The Kier molecular flexibility index (Phi) is 8.52. The molecule has 16 heteroatoms. The number of ether oxygens (including phenoxy) is 1. The van der Waals surface area contributed by atoms with E-state index in [-0.39, 0.29) is 87.9 Å². The van der Waals surface area contributed by atoms with Gasteiger partial charge in [0.2, 0.25) is 0 Å². The Balaban J connectivity index is 1.23. The number of nitrogens with two attached hydrogens (primary N) is 1. The minimum Gasteiger partial charge on any atom is -0.461 e. The van der Waals surface area contributed by atoms with Crippen LogP contribution >= 0.6 is 11.3 Å². The normalized spacial score (nSPS) is 24.8. The summed E-state index contributed by atoms with van der Waals surface area (Å²) < 4.78 is 53.1. The number of hydrogen-bond donors (Lipinski definition) is 2. The molecule has 1 unspecified atom stereocenters. The minimum absolute atomic E-state index is 0.0300. The van der Waals surface area contributed by atoms with Crippen LogP contribution < -0.4 is 15.4 Å². The highest BCUT2D eigenvalue weighted by molar-refractivity contribution is 7.23. The van der Waals surface area contributed by atoms with Crippen molar-refractivity contribution in [1.29, 1.82) is 10.5 Å². The number of aliphatic hydroxyl groups excluding tert-OH is 1. The van der Waals surface area contributed by atoms with Crippen LogP contribution in [0.1, 0.15) is 36.8 Å². The number of nitrogens with zero attached hydrogens (tertiary/aromatic N) is 8. The Bertz CT molecular complexity index is 2210. The van der Waals surface area contributed by atoms with E-state index in [1.807, 2.05) is 6.07 Å². The number of carbonyl (C=O) groups is 1. The second-order valence-electron chi connectivity index (χ2n) is 14.2. The molecule has 0 radical (unpaired) electrons. The highest BCUT2D eigenvalue weighted by atomic mass is 32.1. The van der Waals surface area contributed by atoms with Gasteiger partial charge in [-0.2, -0.15) is 20.5 Å². The van der Waals surface area contributed by atoms with Crippen LogP contribution in [0.4, 0.5) is 28.8 Å². The number of aromatic nitrogens is 2. The number of urea groups is 1. The molecule has 4 aromatic rings. The van der Waals surface area contributed by atoms with Crippen molar-refractivity contribution in [3.8, 4) is 29.3 Å². The van der Waals surface area contributed by atoms with E-state index in [9.17, 15) is 29.2 Å². The second kappa shape index (κ2) is 12.9. The van der Waals surface area contributed by atoms with Crippen LogP contribution in [0.25, 0.3) is 32.1 Å². The van der Waals surface area contributed by atoms with Crippen molar-refractivity contribution in [3.63, 3.8) is 0 Å². The van der Waals surface area contributed by atoms with Crippen molar-refractivity contribution in [2.75, 3.05) is 63.1 Å². The highest BCUT2D eigenvalue weighted by Crippen LogP contribution is 2.45. The standard InChI is InChI=1S/C36H36F3N9O3S/c1-19-11-24-30(29(39)27(19)23-3-4-26(38)31-28(23)25(14-41)32(42)52-31)43-34(51-18-36-6-2-7-47(36)15-20(37)12-36)44-33(24)45-9-10-46(17-22(49)16-45)35(50)48-8-5-21(48)13-40/h3-4,11,20-22,49H,2,5-10,12,15-18,42H2,1H3/t20-,21+,22?,36+/m1/s1. The molecule has 8 rings (SSSR count). The maximum absolute atomic E-state index is 17.2. The average Bonchev–Trinajstić information content (AvgIpc) is 3.69. The maximum Gasteiger partial charge on any atom is 0.321 e. The summed E-state index contributed by atoms with van der Waals surface area (Å²) in [4.78, 5) is 29.5. The number of halogens is 3. The molecule has 3 N–H and O–H groups in total. The summed E-state index contributed by atoms with van der Waals surface area (Å²) in [5.74, 6) is -1.05. The average molecular weight is 732 g/mol. The van der Waals surface area contributed by atoms with Gasteiger partial charge in [0, 0.05) is 55.5 Å². The molecule has 4 saturated heterocycles. The molecule has 2 amide bonds. The number of nitriles is 2. The van der Waals surface area contributed by atoms with Crippen molar-refractivity contribution in [2.24, 2.45) is 0 Å². The van der Waals surface area contributed by atoms with E-state index in [2.05, 4.69) is 16.0 Å². The Hall–Kier alpha value is -4.90. The summed E-state index contributed by atoms with van der Waals surface area (Å²) in [6.07, 6.45) is 0.556. The van der Waals surface area contributed by atoms with Gasteiger partial charge in [-0.15, -0.1) is 11.3 Å². The molecule has 52 heavy (non-hydrogen) atoms. The number of anilines is 2. The third-order valence-corrected chi connectivity index (χ3v) is 12.0. The summed E-state index contributed by atoms with van der Waals surface area (Å²) in [6.45, 7) is 3.83. The Morgan fingerprint density at radius 2 is 2.00 bits per heavy atom. The van der Waals surface area contributed by atoms with Crippen LogP contribution in [0, 0.1) is 41.2 Å². The van der Waals surface area contributed by atoms with Gasteiger partial charge in [0.1, 0.15) is 47.0 Å². The fourth-order valence-electron chi connectivity index (χ4n) is 8.40. The van der Waals surface area contributed by atoms with E-state index < -0.39 is 35.5 Å². The molecule has 4 aliphatic rings. The molecular weight excluding hydrogens is 696 g/mol. The van der Waals surface area contributed by atoms with Gasteiger partial charge in [0.15, 0.2) is 5.82 Å². The predicted octanol–water partition coefficient (Wildman–Crippen LogP) is 4.71. The van der Waals surface area contributed by atoms with E-state index in [1.54, 1.807) is 17.9 Å². The number of aryl methyl sites for hydroxylation is 1. The summed E-state index contributed by atoms with van der Waals surface area (Å²) in [6, 6.07) is 7.55. The van der Waals surface area contributed by atoms with Crippen LogP contribution in [0.15, 0.2) is 18.2 Å². The number of alkyl halides is 1. The van der Waals surface area contributed by atoms with E-state index in [1.165, 1.54) is 21.9 Å². The lowest BCUT2D eigenvalue weighted by Gasteiger charge is -2.39. The van der Waals surface area contributed by atoms with Gasteiger partial charge in [0.05, 0.1) is 34.5 Å². The van der Waals surface area contributed by atoms with E-state index in [0.717, 1.165) is 30.7 Å². The van der Waals surface area contributed by atoms with Gasteiger partial charge in [-0.3, -0.25) is 4.90 Å². The third kappa shape index (κ3) is 5.52. The SMILES string of the molecule is Cc1cc2c(N3CCN(C(=O)N4CC[C@H]4C#N)CC(O)C3)nc(OC[C@@]34CCCN3C[C@H](F)C4)nc2c(F)c1-c1ccc(F)c2sc(N)c(C#N)c12. The van der Waals surface area contributed by atoms with Gasteiger partial charge < -0.3 is 30.3 Å². The number of benzene rings is 2. The number of nitrogen functional groups attached to an aromatic ring is 1. The number of thiophene rings is 1. The smallest absolute Gasteiger partial charge is 0.321 e. The first-order valence-electron chi connectivity index (χ1n) is 17.3. The van der Waals surface area contributed by atoms with Crippen molar-refractivity contribution < 1.29 is 27.8 Å². The lowest BCUT2D eigenvalue weighted by Crippen LogP contribution is -2.56. The lowest BCUT2D eigenvalue weighted by atomic mass is 9.93. The number of rotatable bonds is 5. The molecular formula is C36H36F3N9O3S. The van der Waals surface area contributed by atoms with Gasteiger partial charge >= 0.3 is 12.0 Å². The lowest BCUT2D eigenvalue weighted by molar-refractivity contribution is 0.0874. The molecule has 0 aliphatic carbocycles. The van der Waals surface area contributed by atoms with E-state index >= 15 is 4.39 Å². The zero-order valence-electron chi connectivity index (χ0n) is 28.4. The Labute approximate surface area is 301 Å². The largest absolute Gasteiger partial charge is 0.461 e. The predicted molar refractivity (Wildman–Crippen MR) is 189 cm³/mol. The topological polar surface area (TPSA) is 159 Å². The Morgan fingerprint density at radius 1 is 1.17 bits per heavy atom. The van der Waals surface area contributed by atoms with Gasteiger partial charge in [-0.25, -0.2) is 18.0 Å². The molecule has 12 nitrogen and oxygen atoms in total. The molecule has 4 atom stereocenters. The molecule has 0 spiro atoms. The summed E-state index contributed by atoms with van der Waals surface area (Å²) in [5.41, 5.74) is 6.37. The number of β-amino-alcohol motifs (C(OH)–C–C–N with tert-alkyl or cyclic N) is 1. The maximum atomic E-state index is 17.2. The molecule has 270 valence electrons. The van der Waals surface area contributed by atoms with Crippen LogP contribution in [0.2, 0.25) is 0 Å². The van der Waals surface area contributed by atoms with Gasteiger partial charge in [0.25, 0.3) is 0 Å². The summed E-state index contributed by atoms with van der Waals surface area (Å²) in [5, 5.41) is 31.1. The van der Waals surface area contributed by atoms with Crippen LogP contribution in [-0.2, 0) is 0 Å². The van der Waals surface area contributed by atoms with E-state index in [4.69, 9.17) is 15.5 Å². The van der Waals surface area contributed by atoms with Gasteiger partial charge in [-0.05, 0) is 56.0 Å². The molecule has 0 bridgehead atoms. The molecule has 2 aromatic carbocycles. The molecule has 4 fully saturated rings. The zero-order chi connectivity index (χ0) is 36.5. The first kappa shape index (κ1) is 34.2. The zero-order valence-corrected chi connectivity index (χ0v) is 29.2. The molecule has 6 heterocycles. The molecule has 4 aliphatic heterocycles. The Morgan fingerprint density at radius 3 is 2.75 bits per heavy atom. The van der Waals surface area contributed by atoms with Crippen molar-refractivity contribution >= 4 is 49.2 Å². The number of likely N-dealkylation sites (tertiary alicyclic amines) is 1. The first-order valence-corrected chi connectivity index (χ1v) is 18.2. The number of aliphatic hydroxyl groups is 1. The monoisotopic (exact) mass is 731 g/mol. The quantitative estimate of drug-likeness (QED) is 0.295. The van der Waals surface area contributed by atoms with Crippen LogP contribution in [0.5, 0.6) is 6.01 Å². The highest BCUT2D eigenvalue weighted by Gasteiger charge is 2.49. The summed E-state index contributed by atoms with van der Waals surface area (Å²) >= 11 is 0.920. The van der Waals surface area contributed by atoms with Crippen molar-refractivity contribution in [2.45, 2.75) is 56.5 Å². The fourth-order valence-corrected chi connectivity index (χ4v) is 9.35. The molecule has 2 aromatic heterocycles. The second-order valence-corrected chi connectivity index (χ2v) is 15.2. The molecule has 0 saturated carbocycles. The minimum atomic E-state index is -1.00. The fraction of sp³-hybridized carbons (Fsp3) is 0.472. The number of amides is 2. The van der Waals surface area contributed by atoms with Crippen molar-refractivity contribution in [1.82, 2.24) is 24.7 Å². The van der Waals surface area contributed by atoms with Crippen LogP contribution in [-0.4, -0.2) is 112 Å². The van der Waals surface area contributed by atoms with E-state index in [0.29, 0.717) is 36.9 Å².